The molecule has 2 amide bonds. The van der Waals surface area contributed by atoms with Gasteiger partial charge in [-0.3, -0.25) is 9.59 Å². The average molecular weight is 980 g/mol. The number of para-hydroxylation sites is 2. The van der Waals surface area contributed by atoms with Crippen LogP contribution in [-0.2, 0) is 0 Å². The zero-order chi connectivity index (χ0) is 50.6. The van der Waals surface area contributed by atoms with Crippen LogP contribution in [0.3, 0.4) is 0 Å². The van der Waals surface area contributed by atoms with Crippen LogP contribution in [0.1, 0.15) is 72.1 Å². The summed E-state index contributed by atoms with van der Waals surface area (Å²) in [6.45, 7) is 2.96. The molecule has 372 valence electrons. The molecule has 8 N–H and O–H groups in total. The Balaban J connectivity index is 0.600. The number of nitrogens with two attached hydrogens (primary N) is 2. The molecule has 8 aromatic rings. The third kappa shape index (κ3) is 11.6. The summed E-state index contributed by atoms with van der Waals surface area (Å²) in [5.41, 5.74) is 28.0. The number of fused-ring (bicyclic) bond motifs is 4. The van der Waals surface area contributed by atoms with Crippen LogP contribution in [0.15, 0.2) is 193 Å². The molecule has 12 nitrogen and oxygen atoms in total. The fraction of sp³-hybridized carbons (Fsp3) is 0.210. The van der Waals surface area contributed by atoms with Crippen LogP contribution in [0.2, 0.25) is 0 Å². The monoisotopic (exact) mass is 980 g/mol. The lowest BCUT2D eigenvalue weighted by molar-refractivity contribution is -0.538. The fourth-order valence-corrected chi connectivity index (χ4v) is 9.76. The lowest BCUT2D eigenvalue weighted by Gasteiger charge is -2.38. The van der Waals surface area contributed by atoms with Crippen LogP contribution in [0.4, 0.5) is 34.1 Å². The minimum Gasteiger partial charge on any atom is -0.399 e. The second kappa shape index (κ2) is 23.2. The van der Waals surface area contributed by atoms with Crippen molar-refractivity contribution in [3.8, 4) is 16.8 Å². The molecular weight excluding hydrogens is 917 g/mol. The minimum atomic E-state index is -0.0754. The van der Waals surface area contributed by atoms with Gasteiger partial charge in [0.2, 0.25) is 16.7 Å². The van der Waals surface area contributed by atoms with Crippen LogP contribution in [0.25, 0.3) is 38.9 Å². The number of aliphatic imine (C=N–C) groups is 1. The Morgan fingerprint density at radius 3 is 1.74 bits per heavy atom. The summed E-state index contributed by atoms with van der Waals surface area (Å²) in [6, 6.07) is 53.9. The van der Waals surface area contributed by atoms with Crippen molar-refractivity contribution < 1.29 is 14.2 Å². The molecule has 7 aromatic carbocycles. The molecule has 0 saturated heterocycles. The molecule has 1 aromatic heterocycles. The Kier molecular flexibility index (Phi) is 15.3. The highest BCUT2D eigenvalue weighted by atomic mass is 16.2. The molecule has 0 fully saturated rings. The maximum Gasteiger partial charge on any atom is 0.251 e. The number of benzene rings is 7. The fourth-order valence-electron chi connectivity index (χ4n) is 9.76. The van der Waals surface area contributed by atoms with E-state index < -0.39 is 0 Å². The van der Waals surface area contributed by atoms with Crippen LogP contribution < -0.4 is 42.2 Å². The first-order valence-electron chi connectivity index (χ1n) is 25.9. The van der Waals surface area contributed by atoms with Gasteiger partial charge in [0.1, 0.15) is 11.0 Å². The molecule has 1 aliphatic heterocycles. The van der Waals surface area contributed by atoms with Crippen LogP contribution in [-0.4, -0.2) is 54.7 Å². The SMILES string of the molecule is Nc1ccc2c(c1)N(c1ccccc1)C1C=C(NCCCCCCNC(=O)c3ccc(-c4ccc(C(=O)NCCCCCCNc5ccc6nc7ccc(N)cc7[n+](-c7ccccc7)c6c5)cc4)cc3)C=CC1=N2. The largest absolute Gasteiger partial charge is 0.399 e. The number of amides is 2. The van der Waals surface area contributed by atoms with Gasteiger partial charge in [0.25, 0.3) is 11.8 Å². The van der Waals surface area contributed by atoms with Crippen LogP contribution in [0, 0.1) is 0 Å². The van der Waals surface area contributed by atoms with Crippen LogP contribution >= 0.6 is 0 Å². The maximum atomic E-state index is 13.0. The van der Waals surface area contributed by atoms with Gasteiger partial charge in [0.15, 0.2) is 0 Å². The van der Waals surface area contributed by atoms with E-state index in [0.717, 1.165) is 137 Å². The molecule has 0 spiro atoms. The average Bonchev–Trinajstić information content (AvgIpc) is 3.44. The van der Waals surface area contributed by atoms with Gasteiger partial charge in [0, 0.05) is 90.0 Å². The standard InChI is InChI=1S/C62H62N10O2/c63-47-27-31-53-57(39-47)71(51-15-7-5-8-16-51)59-41-49(29-33-55(59)69-53)65-35-11-1-3-13-37-67-61(73)45-23-19-43(20-24-45)44-21-25-46(26-22-44)62(74)68-38-14-4-2-12-36-66-50-30-34-56-60(42-50)72(52-17-9-6-10-18-52)58-40-48(64)28-32-54(58)70-56/h5-10,15-34,39-42,59,65H,1-4,11-14,35-38,63H2,(H4,64,66,67,68,73,74)/p+1. The van der Waals surface area contributed by atoms with E-state index in [2.05, 4.69) is 104 Å². The molecule has 2 heterocycles. The highest BCUT2D eigenvalue weighted by Gasteiger charge is 2.31. The van der Waals surface area contributed by atoms with E-state index in [-0.39, 0.29) is 17.9 Å². The normalized spacial score (nSPS) is 13.7. The van der Waals surface area contributed by atoms with Crippen molar-refractivity contribution in [1.29, 1.82) is 0 Å². The number of hydrogen-bond acceptors (Lipinski definition) is 9. The number of rotatable bonds is 21. The molecule has 74 heavy (non-hydrogen) atoms. The first-order chi connectivity index (χ1) is 36.3. The molecule has 1 unspecified atom stereocenters. The van der Waals surface area contributed by atoms with Gasteiger partial charge in [-0.15, -0.1) is 4.57 Å². The zero-order valence-electron chi connectivity index (χ0n) is 41.6. The Morgan fingerprint density at radius 1 is 0.541 bits per heavy atom. The second-order valence-electron chi connectivity index (χ2n) is 19.0. The maximum absolute atomic E-state index is 13.0. The van der Waals surface area contributed by atoms with Crippen molar-refractivity contribution in [1.82, 2.24) is 20.9 Å². The molecule has 0 bridgehead atoms. The topological polar surface area (TPSA) is 167 Å². The Morgan fingerprint density at radius 2 is 1.09 bits per heavy atom. The van der Waals surface area contributed by atoms with Gasteiger partial charge in [-0.2, -0.15) is 0 Å². The number of hydrogen-bond donors (Lipinski definition) is 6. The number of carbonyl (C=O) groups excluding carboxylic acids is 2. The van der Waals surface area contributed by atoms with E-state index in [1.54, 1.807) is 0 Å². The van der Waals surface area contributed by atoms with Gasteiger partial charge in [-0.1, -0.05) is 86.3 Å². The van der Waals surface area contributed by atoms with Crippen molar-refractivity contribution in [2.45, 2.75) is 57.4 Å². The molecule has 10 rings (SSSR count). The van der Waals surface area contributed by atoms with E-state index in [1.165, 1.54) is 0 Å². The molecule has 0 saturated carbocycles. The number of nitrogens with zero attached hydrogens (tertiary/aromatic N) is 4. The minimum absolute atomic E-state index is 0.0410. The van der Waals surface area contributed by atoms with E-state index >= 15 is 0 Å². The first-order valence-corrected chi connectivity index (χ1v) is 25.9. The second-order valence-corrected chi connectivity index (χ2v) is 19.0. The number of unbranched alkanes of at least 4 members (excludes halogenated alkanes) is 6. The molecule has 1 atom stereocenters. The summed E-state index contributed by atoms with van der Waals surface area (Å²) in [7, 11) is 0. The predicted molar refractivity (Wildman–Crippen MR) is 303 cm³/mol. The van der Waals surface area contributed by atoms with Gasteiger partial charge >= 0.3 is 0 Å². The number of nitrogens with one attached hydrogen (secondary N) is 4. The Hall–Kier alpha value is -8.77. The molecule has 0 radical (unpaired) electrons. The molecular formula is C62H63N10O2+. The van der Waals surface area contributed by atoms with Crippen molar-refractivity contribution in [2.24, 2.45) is 4.99 Å². The highest BCUT2D eigenvalue weighted by Crippen LogP contribution is 2.42. The summed E-state index contributed by atoms with van der Waals surface area (Å²) in [4.78, 5) is 38.1. The van der Waals surface area contributed by atoms with E-state index in [9.17, 15) is 9.59 Å². The number of nitrogen functional groups attached to an aromatic ring is 2. The van der Waals surface area contributed by atoms with Gasteiger partial charge in [0.05, 0.1) is 23.1 Å². The number of allylic oxidation sites excluding steroid dienone is 1. The van der Waals surface area contributed by atoms with E-state index in [1.807, 2.05) is 109 Å². The van der Waals surface area contributed by atoms with Crippen molar-refractivity contribution in [3.05, 3.63) is 199 Å². The zero-order valence-corrected chi connectivity index (χ0v) is 41.6. The summed E-state index contributed by atoms with van der Waals surface area (Å²) in [5.74, 6) is -0.149. The third-order valence-electron chi connectivity index (χ3n) is 13.7. The Labute approximate surface area is 432 Å². The lowest BCUT2D eigenvalue weighted by Crippen LogP contribution is -2.40. The van der Waals surface area contributed by atoms with Crippen molar-refractivity contribution in [2.75, 3.05) is 47.9 Å². The molecule has 12 heteroatoms. The summed E-state index contributed by atoms with van der Waals surface area (Å²) in [6.07, 6.45) is 14.5. The highest BCUT2D eigenvalue weighted by molar-refractivity contribution is 6.10. The summed E-state index contributed by atoms with van der Waals surface area (Å²) < 4.78 is 2.22. The molecule has 1 aliphatic carbocycles. The van der Waals surface area contributed by atoms with Gasteiger partial charge < -0.3 is 37.6 Å². The number of anilines is 5. The summed E-state index contributed by atoms with van der Waals surface area (Å²) >= 11 is 0. The molecule has 2 aliphatic rings. The van der Waals surface area contributed by atoms with Gasteiger partial charge in [-0.05, 0) is 134 Å². The summed E-state index contributed by atoms with van der Waals surface area (Å²) in [5, 5.41) is 13.4. The number of aromatic nitrogens is 2. The third-order valence-corrected chi connectivity index (χ3v) is 13.7. The van der Waals surface area contributed by atoms with Gasteiger partial charge in [-0.25, -0.2) is 9.98 Å². The Bertz CT molecular complexity index is 3360. The predicted octanol–water partition coefficient (Wildman–Crippen LogP) is 11.5. The van der Waals surface area contributed by atoms with E-state index in [4.69, 9.17) is 21.4 Å². The number of carbonyl (C=O) groups is 2. The van der Waals surface area contributed by atoms with Crippen molar-refractivity contribution >= 4 is 73.7 Å². The van der Waals surface area contributed by atoms with Crippen molar-refractivity contribution in [3.63, 3.8) is 0 Å². The smallest absolute Gasteiger partial charge is 0.251 e. The quantitative estimate of drug-likeness (QED) is 0.0179. The lowest BCUT2D eigenvalue weighted by atomic mass is 9.97. The first kappa shape index (κ1) is 48.8. The van der Waals surface area contributed by atoms with E-state index in [0.29, 0.717) is 35.6 Å². The van der Waals surface area contributed by atoms with Crippen LogP contribution in [0.5, 0.6) is 0 Å².